The summed E-state index contributed by atoms with van der Waals surface area (Å²) >= 11 is 4.99. The van der Waals surface area contributed by atoms with Gasteiger partial charge in [-0.15, -0.1) is 11.3 Å². The SMILES string of the molecule is NC(=O)C1CCN(CCc2ccc(NC(=O)/C=C/c3ccc(Br)s3)cc2)CC1. The molecule has 3 N–H and O–H groups in total. The molecule has 0 aliphatic carbocycles. The van der Waals surface area contributed by atoms with E-state index in [1.165, 1.54) is 5.56 Å². The third kappa shape index (κ3) is 6.29. The number of likely N-dealkylation sites (tertiary alicyclic amines) is 1. The third-order valence-electron chi connectivity index (χ3n) is 4.92. The molecule has 3 rings (SSSR count). The van der Waals surface area contributed by atoms with Crippen LogP contribution >= 0.6 is 27.3 Å². The summed E-state index contributed by atoms with van der Waals surface area (Å²) in [5, 5.41) is 2.88. The maximum absolute atomic E-state index is 12.0. The number of piperidine rings is 1. The van der Waals surface area contributed by atoms with E-state index in [4.69, 9.17) is 5.73 Å². The molecule has 1 aliphatic heterocycles. The van der Waals surface area contributed by atoms with Gasteiger partial charge in [0, 0.05) is 29.1 Å². The number of primary amides is 1. The second-order valence-corrected chi connectivity index (χ2v) is 9.42. The van der Waals surface area contributed by atoms with Gasteiger partial charge >= 0.3 is 0 Å². The summed E-state index contributed by atoms with van der Waals surface area (Å²) in [6, 6.07) is 11.9. The molecule has 0 bridgehead atoms. The largest absolute Gasteiger partial charge is 0.369 e. The average Bonchev–Trinajstić information content (AvgIpc) is 3.11. The van der Waals surface area contributed by atoms with Gasteiger partial charge in [-0.05, 0) is 84.2 Å². The molecule has 28 heavy (non-hydrogen) atoms. The number of amides is 2. The Hall–Kier alpha value is -1.96. The van der Waals surface area contributed by atoms with Gasteiger partial charge in [-0.3, -0.25) is 9.59 Å². The normalized spacial score (nSPS) is 15.8. The predicted molar refractivity (Wildman–Crippen MR) is 118 cm³/mol. The van der Waals surface area contributed by atoms with Gasteiger partial charge in [0.2, 0.25) is 11.8 Å². The highest BCUT2D eigenvalue weighted by Crippen LogP contribution is 2.23. The van der Waals surface area contributed by atoms with Gasteiger partial charge in [0.15, 0.2) is 0 Å². The number of nitrogens with two attached hydrogens (primary N) is 1. The van der Waals surface area contributed by atoms with Crippen molar-refractivity contribution in [2.45, 2.75) is 19.3 Å². The number of benzene rings is 1. The maximum Gasteiger partial charge on any atom is 0.248 e. The van der Waals surface area contributed by atoms with Crippen molar-refractivity contribution in [3.63, 3.8) is 0 Å². The topological polar surface area (TPSA) is 75.4 Å². The van der Waals surface area contributed by atoms with Crippen LogP contribution in [0.1, 0.15) is 23.3 Å². The fourth-order valence-corrected chi connectivity index (χ4v) is 4.57. The van der Waals surface area contributed by atoms with Crippen LogP contribution in [-0.4, -0.2) is 36.3 Å². The number of nitrogens with one attached hydrogen (secondary N) is 1. The molecule has 2 heterocycles. The van der Waals surface area contributed by atoms with E-state index < -0.39 is 0 Å². The minimum Gasteiger partial charge on any atom is -0.369 e. The number of anilines is 1. The van der Waals surface area contributed by atoms with Crippen LogP contribution in [-0.2, 0) is 16.0 Å². The third-order valence-corrected chi connectivity index (χ3v) is 6.51. The lowest BCUT2D eigenvalue weighted by molar-refractivity contribution is -0.123. The second kappa shape index (κ2) is 10.0. The summed E-state index contributed by atoms with van der Waals surface area (Å²) < 4.78 is 1.04. The van der Waals surface area contributed by atoms with Crippen molar-refractivity contribution in [1.29, 1.82) is 0 Å². The smallest absolute Gasteiger partial charge is 0.248 e. The number of rotatable bonds is 7. The molecule has 0 atom stereocenters. The van der Waals surface area contributed by atoms with Crippen molar-refractivity contribution < 1.29 is 9.59 Å². The zero-order valence-corrected chi connectivity index (χ0v) is 18.0. The van der Waals surface area contributed by atoms with Crippen molar-refractivity contribution in [1.82, 2.24) is 4.90 Å². The Kier molecular flexibility index (Phi) is 7.42. The van der Waals surface area contributed by atoms with Crippen molar-refractivity contribution in [3.05, 3.63) is 56.7 Å². The van der Waals surface area contributed by atoms with Gasteiger partial charge in [0.1, 0.15) is 0 Å². The van der Waals surface area contributed by atoms with E-state index in [2.05, 4.69) is 26.1 Å². The first-order chi connectivity index (χ1) is 13.5. The van der Waals surface area contributed by atoms with E-state index >= 15 is 0 Å². The van der Waals surface area contributed by atoms with Crippen LogP contribution < -0.4 is 11.1 Å². The van der Waals surface area contributed by atoms with Gasteiger partial charge in [0.25, 0.3) is 0 Å². The Morgan fingerprint density at radius 2 is 1.89 bits per heavy atom. The molecule has 0 spiro atoms. The molecule has 0 unspecified atom stereocenters. The van der Waals surface area contributed by atoms with E-state index in [-0.39, 0.29) is 17.7 Å². The Bertz CT molecular complexity index is 840. The lowest BCUT2D eigenvalue weighted by Gasteiger charge is -2.30. The molecule has 1 fully saturated rings. The molecule has 0 radical (unpaired) electrons. The lowest BCUT2D eigenvalue weighted by Crippen LogP contribution is -2.39. The number of hydrogen-bond donors (Lipinski definition) is 2. The summed E-state index contributed by atoms with van der Waals surface area (Å²) in [6.07, 6.45) is 6.01. The standard InChI is InChI=1S/C21H24BrN3O2S/c22-19-7-5-18(28-19)6-8-20(26)24-17-3-1-15(2-4-17)9-12-25-13-10-16(11-14-25)21(23)27/h1-8,16H,9-14H2,(H2,23,27)(H,24,26)/b8-6+. The van der Waals surface area contributed by atoms with E-state index in [9.17, 15) is 9.59 Å². The predicted octanol–water partition coefficient (Wildman–Crippen LogP) is 3.90. The highest BCUT2D eigenvalue weighted by Gasteiger charge is 2.22. The van der Waals surface area contributed by atoms with E-state index in [1.54, 1.807) is 23.5 Å². The number of carbonyl (C=O) groups is 2. The van der Waals surface area contributed by atoms with E-state index in [1.807, 2.05) is 36.4 Å². The Morgan fingerprint density at radius 3 is 2.50 bits per heavy atom. The number of hydrogen-bond acceptors (Lipinski definition) is 4. The van der Waals surface area contributed by atoms with Crippen LogP contribution in [0.2, 0.25) is 0 Å². The van der Waals surface area contributed by atoms with Crippen molar-refractivity contribution >= 4 is 50.8 Å². The van der Waals surface area contributed by atoms with Crippen LogP contribution in [0.15, 0.2) is 46.3 Å². The van der Waals surface area contributed by atoms with E-state index in [0.29, 0.717) is 0 Å². The van der Waals surface area contributed by atoms with Crippen LogP contribution in [0.5, 0.6) is 0 Å². The van der Waals surface area contributed by atoms with Crippen LogP contribution in [0.3, 0.4) is 0 Å². The minimum absolute atomic E-state index is 0.0366. The first-order valence-electron chi connectivity index (χ1n) is 9.34. The van der Waals surface area contributed by atoms with E-state index in [0.717, 1.165) is 53.2 Å². The quantitative estimate of drug-likeness (QED) is 0.613. The van der Waals surface area contributed by atoms with Gasteiger partial charge in [0.05, 0.1) is 3.79 Å². The first-order valence-corrected chi connectivity index (χ1v) is 11.0. The molecule has 2 aromatic rings. The zero-order valence-electron chi connectivity index (χ0n) is 15.6. The van der Waals surface area contributed by atoms with Gasteiger partial charge in [-0.25, -0.2) is 0 Å². The van der Waals surface area contributed by atoms with Crippen LogP contribution in [0.25, 0.3) is 6.08 Å². The van der Waals surface area contributed by atoms with Gasteiger partial charge in [-0.1, -0.05) is 12.1 Å². The molecule has 1 aromatic heterocycles. The van der Waals surface area contributed by atoms with Crippen LogP contribution in [0.4, 0.5) is 5.69 Å². The molecular formula is C21H24BrN3O2S. The van der Waals surface area contributed by atoms with Gasteiger partial charge < -0.3 is 16.0 Å². The van der Waals surface area contributed by atoms with Crippen molar-refractivity contribution in [3.8, 4) is 0 Å². The molecular weight excluding hydrogens is 438 g/mol. The highest BCUT2D eigenvalue weighted by atomic mass is 79.9. The summed E-state index contributed by atoms with van der Waals surface area (Å²) in [7, 11) is 0. The lowest BCUT2D eigenvalue weighted by atomic mass is 9.96. The average molecular weight is 462 g/mol. The summed E-state index contributed by atoms with van der Waals surface area (Å²) in [5.74, 6) is -0.278. The Balaban J connectivity index is 1.43. The summed E-state index contributed by atoms with van der Waals surface area (Å²) in [6.45, 7) is 2.82. The molecule has 7 heteroatoms. The van der Waals surface area contributed by atoms with Gasteiger partial charge in [-0.2, -0.15) is 0 Å². The Morgan fingerprint density at radius 1 is 1.18 bits per heavy atom. The molecule has 2 amide bonds. The second-order valence-electron chi connectivity index (χ2n) is 6.93. The molecule has 148 valence electrons. The fourth-order valence-electron chi connectivity index (χ4n) is 3.24. The maximum atomic E-state index is 12.0. The fraction of sp³-hybridized carbons (Fsp3) is 0.333. The van der Waals surface area contributed by atoms with Crippen LogP contribution in [0, 0.1) is 5.92 Å². The number of halogens is 1. The minimum atomic E-state index is -0.171. The monoisotopic (exact) mass is 461 g/mol. The van der Waals surface area contributed by atoms with Crippen molar-refractivity contribution in [2.24, 2.45) is 11.7 Å². The molecule has 1 aromatic carbocycles. The molecule has 0 saturated carbocycles. The number of carbonyl (C=O) groups excluding carboxylic acids is 2. The first kappa shape index (κ1) is 20.8. The zero-order chi connectivity index (χ0) is 19.9. The molecule has 1 aliphatic rings. The highest BCUT2D eigenvalue weighted by molar-refractivity contribution is 9.11. The van der Waals surface area contributed by atoms with Crippen molar-refractivity contribution in [2.75, 3.05) is 25.0 Å². The summed E-state index contributed by atoms with van der Waals surface area (Å²) in [4.78, 5) is 26.7. The molecule has 1 saturated heterocycles. The molecule has 5 nitrogen and oxygen atoms in total. The Labute approximate surface area is 177 Å². The number of thiophene rings is 1. The number of nitrogens with zero attached hydrogens (tertiary/aromatic N) is 1. The summed E-state index contributed by atoms with van der Waals surface area (Å²) in [5.41, 5.74) is 7.40.